The summed E-state index contributed by atoms with van der Waals surface area (Å²) in [6.45, 7) is 0.534. The molecular weight excluding hydrogens is 228 g/mol. The number of hydrogen-bond donors (Lipinski definition) is 1. The maximum absolute atomic E-state index is 12.0. The van der Waals surface area contributed by atoms with E-state index in [2.05, 4.69) is 10.4 Å². The molecule has 1 aromatic rings. The first-order valence-corrected chi connectivity index (χ1v) is 6.66. The summed E-state index contributed by atoms with van der Waals surface area (Å²) >= 11 is 0. The maximum Gasteiger partial charge on any atom is 0.317 e. The largest absolute Gasteiger partial charge is 0.332 e. The Balaban J connectivity index is 1.82. The molecule has 0 saturated heterocycles. The summed E-state index contributed by atoms with van der Waals surface area (Å²) in [4.78, 5) is 13.9. The first-order chi connectivity index (χ1) is 8.68. The normalized spacial score (nSPS) is 16.6. The molecule has 2 rings (SSSR count). The zero-order valence-electron chi connectivity index (χ0n) is 11.2. The highest BCUT2D eigenvalue weighted by Gasteiger charge is 2.21. The van der Waals surface area contributed by atoms with Crippen LogP contribution in [0.2, 0.25) is 0 Å². The Labute approximate surface area is 108 Å². The quantitative estimate of drug-likeness (QED) is 0.890. The second-order valence-corrected chi connectivity index (χ2v) is 5.01. The third-order valence-corrected chi connectivity index (χ3v) is 3.79. The zero-order chi connectivity index (χ0) is 13.0. The molecule has 5 nitrogen and oxygen atoms in total. The number of aromatic nitrogens is 2. The lowest BCUT2D eigenvalue weighted by Gasteiger charge is -2.31. The van der Waals surface area contributed by atoms with E-state index in [-0.39, 0.29) is 6.03 Å². The van der Waals surface area contributed by atoms with Gasteiger partial charge in [0.2, 0.25) is 0 Å². The zero-order valence-corrected chi connectivity index (χ0v) is 11.2. The lowest BCUT2D eigenvalue weighted by molar-refractivity contribution is 0.173. The predicted octanol–water partition coefficient (Wildman–Crippen LogP) is 1.89. The SMILES string of the molecule is CN(C(=O)NCc1ccnn1C)C1CCCCC1. The Morgan fingerprint density at radius 1 is 1.50 bits per heavy atom. The summed E-state index contributed by atoms with van der Waals surface area (Å²) in [7, 11) is 3.78. The number of rotatable bonds is 3. The minimum atomic E-state index is 0.0168. The Morgan fingerprint density at radius 2 is 2.22 bits per heavy atom. The molecule has 0 bridgehead atoms. The molecule has 5 heteroatoms. The molecule has 0 spiro atoms. The van der Waals surface area contributed by atoms with E-state index in [1.165, 1.54) is 19.3 Å². The van der Waals surface area contributed by atoms with Gasteiger partial charge in [0.1, 0.15) is 0 Å². The van der Waals surface area contributed by atoms with Crippen LogP contribution in [-0.4, -0.2) is 33.8 Å². The van der Waals surface area contributed by atoms with Gasteiger partial charge in [0.25, 0.3) is 0 Å². The van der Waals surface area contributed by atoms with E-state index in [4.69, 9.17) is 0 Å². The summed E-state index contributed by atoms with van der Waals surface area (Å²) in [5.41, 5.74) is 1.01. The average Bonchev–Trinajstić information content (AvgIpc) is 2.81. The molecule has 1 N–H and O–H groups in total. The van der Waals surface area contributed by atoms with Crippen molar-refractivity contribution in [3.8, 4) is 0 Å². The number of amides is 2. The Hall–Kier alpha value is -1.52. The van der Waals surface area contributed by atoms with Crippen LogP contribution in [-0.2, 0) is 13.6 Å². The van der Waals surface area contributed by atoms with E-state index in [1.54, 1.807) is 10.9 Å². The molecule has 1 aromatic heterocycles. The average molecular weight is 250 g/mol. The number of urea groups is 1. The van der Waals surface area contributed by atoms with Gasteiger partial charge in [-0.3, -0.25) is 4.68 Å². The van der Waals surface area contributed by atoms with Crippen molar-refractivity contribution < 1.29 is 4.79 Å². The van der Waals surface area contributed by atoms with E-state index < -0.39 is 0 Å². The van der Waals surface area contributed by atoms with E-state index >= 15 is 0 Å². The number of carbonyl (C=O) groups excluding carboxylic acids is 1. The van der Waals surface area contributed by atoms with Crippen LogP contribution in [0, 0.1) is 0 Å². The summed E-state index contributed by atoms with van der Waals surface area (Å²) < 4.78 is 1.78. The number of nitrogens with zero attached hydrogens (tertiary/aromatic N) is 3. The topological polar surface area (TPSA) is 50.2 Å². The molecule has 0 aliphatic heterocycles. The number of carbonyl (C=O) groups is 1. The van der Waals surface area contributed by atoms with Crippen molar-refractivity contribution in [2.45, 2.75) is 44.7 Å². The van der Waals surface area contributed by atoms with Crippen LogP contribution in [0.25, 0.3) is 0 Å². The minimum Gasteiger partial charge on any atom is -0.332 e. The van der Waals surface area contributed by atoms with E-state index in [1.807, 2.05) is 25.1 Å². The molecule has 100 valence electrons. The second kappa shape index (κ2) is 5.89. The standard InChI is InChI=1S/C13H22N4O/c1-16(11-6-4-3-5-7-11)13(18)14-10-12-8-9-15-17(12)2/h8-9,11H,3-7,10H2,1-2H3,(H,14,18). The van der Waals surface area contributed by atoms with Gasteiger partial charge in [-0.15, -0.1) is 0 Å². The fourth-order valence-electron chi connectivity index (χ4n) is 2.50. The van der Waals surface area contributed by atoms with Gasteiger partial charge < -0.3 is 10.2 Å². The van der Waals surface area contributed by atoms with Crippen LogP contribution >= 0.6 is 0 Å². The molecule has 1 aliphatic carbocycles. The lowest BCUT2D eigenvalue weighted by atomic mass is 9.95. The monoisotopic (exact) mass is 250 g/mol. The first kappa shape index (κ1) is 12.9. The van der Waals surface area contributed by atoms with E-state index in [0.717, 1.165) is 18.5 Å². The molecule has 1 saturated carbocycles. The van der Waals surface area contributed by atoms with Crippen molar-refractivity contribution in [1.29, 1.82) is 0 Å². The minimum absolute atomic E-state index is 0.0168. The molecule has 1 heterocycles. The van der Waals surface area contributed by atoms with Gasteiger partial charge in [-0.1, -0.05) is 19.3 Å². The highest BCUT2D eigenvalue weighted by molar-refractivity contribution is 5.74. The number of aryl methyl sites for hydroxylation is 1. The predicted molar refractivity (Wildman–Crippen MR) is 70.1 cm³/mol. The van der Waals surface area contributed by atoms with E-state index in [9.17, 15) is 4.79 Å². The van der Waals surface area contributed by atoms with Gasteiger partial charge in [0.05, 0.1) is 12.2 Å². The van der Waals surface area contributed by atoms with Gasteiger partial charge in [-0.25, -0.2) is 4.79 Å². The summed E-state index contributed by atoms with van der Waals surface area (Å²) in [6, 6.07) is 2.34. The summed E-state index contributed by atoms with van der Waals surface area (Å²) in [5, 5.41) is 7.03. The summed E-state index contributed by atoms with van der Waals surface area (Å²) in [6.07, 6.45) is 7.80. The Morgan fingerprint density at radius 3 is 2.83 bits per heavy atom. The van der Waals surface area contributed by atoms with Crippen LogP contribution in [0.1, 0.15) is 37.8 Å². The molecule has 1 fully saturated rings. The van der Waals surface area contributed by atoms with Gasteiger partial charge in [0.15, 0.2) is 0 Å². The molecule has 0 radical (unpaired) electrons. The van der Waals surface area contributed by atoms with Gasteiger partial charge in [-0.2, -0.15) is 5.10 Å². The van der Waals surface area contributed by atoms with Crippen LogP contribution in [0.3, 0.4) is 0 Å². The first-order valence-electron chi connectivity index (χ1n) is 6.66. The highest BCUT2D eigenvalue weighted by atomic mass is 16.2. The van der Waals surface area contributed by atoms with Crippen molar-refractivity contribution in [3.63, 3.8) is 0 Å². The molecule has 0 atom stereocenters. The van der Waals surface area contributed by atoms with Crippen molar-refractivity contribution >= 4 is 6.03 Å². The van der Waals surface area contributed by atoms with Crippen LogP contribution in [0.4, 0.5) is 4.79 Å². The van der Waals surface area contributed by atoms with E-state index in [0.29, 0.717) is 12.6 Å². The van der Waals surface area contributed by atoms with Gasteiger partial charge in [-0.05, 0) is 18.9 Å². The number of nitrogens with one attached hydrogen (secondary N) is 1. The Kier molecular flexibility index (Phi) is 4.23. The van der Waals surface area contributed by atoms with Crippen LogP contribution in [0.5, 0.6) is 0 Å². The summed E-state index contributed by atoms with van der Waals surface area (Å²) in [5.74, 6) is 0. The van der Waals surface area contributed by atoms with Crippen molar-refractivity contribution in [3.05, 3.63) is 18.0 Å². The van der Waals surface area contributed by atoms with Gasteiger partial charge in [0, 0.05) is 26.3 Å². The van der Waals surface area contributed by atoms with Crippen molar-refractivity contribution in [2.75, 3.05) is 7.05 Å². The number of hydrogen-bond acceptors (Lipinski definition) is 2. The fraction of sp³-hybridized carbons (Fsp3) is 0.692. The van der Waals surface area contributed by atoms with Crippen molar-refractivity contribution in [1.82, 2.24) is 20.0 Å². The molecule has 0 unspecified atom stereocenters. The third-order valence-electron chi connectivity index (χ3n) is 3.79. The molecule has 0 aromatic carbocycles. The second-order valence-electron chi connectivity index (χ2n) is 5.01. The highest BCUT2D eigenvalue weighted by Crippen LogP contribution is 2.21. The van der Waals surface area contributed by atoms with Crippen LogP contribution < -0.4 is 5.32 Å². The van der Waals surface area contributed by atoms with Crippen LogP contribution in [0.15, 0.2) is 12.3 Å². The van der Waals surface area contributed by atoms with Crippen molar-refractivity contribution in [2.24, 2.45) is 7.05 Å². The molecule has 2 amide bonds. The smallest absolute Gasteiger partial charge is 0.317 e. The molecule has 18 heavy (non-hydrogen) atoms. The third kappa shape index (κ3) is 3.03. The molecular formula is C13H22N4O. The van der Waals surface area contributed by atoms with Gasteiger partial charge >= 0.3 is 6.03 Å². The Bertz CT molecular complexity index is 395. The fourth-order valence-corrected chi connectivity index (χ4v) is 2.50. The maximum atomic E-state index is 12.0. The lowest BCUT2D eigenvalue weighted by Crippen LogP contribution is -2.44. The molecule has 1 aliphatic rings.